The lowest BCUT2D eigenvalue weighted by Crippen LogP contribution is -2.35. The fourth-order valence-corrected chi connectivity index (χ4v) is 2.15. The molecule has 0 aromatic heterocycles. The fourth-order valence-electron chi connectivity index (χ4n) is 1.09. The Balaban J connectivity index is 2.38. The molecule has 16 heavy (non-hydrogen) atoms. The van der Waals surface area contributed by atoms with Crippen molar-refractivity contribution >= 4 is 34.9 Å². The summed E-state index contributed by atoms with van der Waals surface area (Å²) in [5.41, 5.74) is 5.37. The Morgan fingerprint density at radius 1 is 1.44 bits per heavy atom. The predicted molar refractivity (Wildman–Crippen MR) is 71.6 cm³/mol. The Morgan fingerprint density at radius 2 is 2.06 bits per heavy atom. The number of nitrogens with two attached hydrogens (primary N) is 1. The van der Waals surface area contributed by atoms with Crippen molar-refractivity contribution in [1.82, 2.24) is 4.90 Å². The molecule has 2 N–H and O–H groups in total. The summed E-state index contributed by atoms with van der Waals surface area (Å²) < 4.78 is 0. The minimum absolute atomic E-state index is 0.0293. The molecule has 0 aliphatic heterocycles. The second kappa shape index (κ2) is 6.50. The van der Waals surface area contributed by atoms with E-state index in [2.05, 4.69) is 0 Å². The van der Waals surface area contributed by atoms with Crippen molar-refractivity contribution in [2.45, 2.75) is 4.90 Å². The summed E-state index contributed by atoms with van der Waals surface area (Å²) in [5, 5.41) is 0. The van der Waals surface area contributed by atoms with Gasteiger partial charge in [0, 0.05) is 11.9 Å². The van der Waals surface area contributed by atoms with E-state index in [1.165, 1.54) is 16.7 Å². The quantitative estimate of drug-likeness (QED) is 0.639. The molecule has 1 aromatic carbocycles. The molecular formula is C11H14N2OS2. The average molecular weight is 254 g/mol. The maximum absolute atomic E-state index is 11.6. The number of likely N-dealkylation sites (N-methyl/N-ethyl adjacent to an activating group) is 1. The predicted octanol–water partition coefficient (Wildman–Crippen LogP) is 1.52. The number of carbonyl (C=O) groups excluding carboxylic acids is 1. The normalized spacial score (nSPS) is 9.81. The van der Waals surface area contributed by atoms with Crippen LogP contribution in [0.2, 0.25) is 0 Å². The number of nitrogens with zero attached hydrogens (tertiary/aromatic N) is 1. The van der Waals surface area contributed by atoms with Crippen LogP contribution in [0.3, 0.4) is 0 Å². The van der Waals surface area contributed by atoms with Crippen LogP contribution >= 0.6 is 24.0 Å². The van der Waals surface area contributed by atoms with Gasteiger partial charge < -0.3 is 10.6 Å². The number of hydrogen-bond acceptors (Lipinski definition) is 3. The van der Waals surface area contributed by atoms with Crippen LogP contribution in [0.5, 0.6) is 0 Å². The molecule has 3 nitrogen and oxygen atoms in total. The molecule has 0 bridgehead atoms. The van der Waals surface area contributed by atoms with E-state index < -0.39 is 0 Å². The Hall–Kier alpha value is -1.07. The van der Waals surface area contributed by atoms with Crippen LogP contribution in [0.1, 0.15) is 0 Å². The topological polar surface area (TPSA) is 46.3 Å². The Morgan fingerprint density at radius 3 is 2.62 bits per heavy atom. The van der Waals surface area contributed by atoms with Crippen molar-refractivity contribution in [3.8, 4) is 0 Å². The van der Waals surface area contributed by atoms with Gasteiger partial charge in [0.05, 0.1) is 17.3 Å². The van der Waals surface area contributed by atoms with E-state index in [0.717, 1.165) is 4.90 Å². The van der Waals surface area contributed by atoms with Crippen molar-refractivity contribution in [2.24, 2.45) is 5.73 Å². The molecule has 86 valence electrons. The van der Waals surface area contributed by atoms with E-state index in [9.17, 15) is 4.79 Å². The van der Waals surface area contributed by atoms with E-state index >= 15 is 0 Å². The lowest BCUT2D eigenvalue weighted by atomic mass is 10.4. The summed E-state index contributed by atoms with van der Waals surface area (Å²) in [6, 6.07) is 9.80. The number of carbonyl (C=O) groups is 1. The maximum Gasteiger partial charge on any atom is 0.233 e. The second-order valence-electron chi connectivity index (χ2n) is 3.32. The first-order valence-corrected chi connectivity index (χ1v) is 6.19. The number of benzene rings is 1. The molecule has 0 aliphatic rings. The zero-order chi connectivity index (χ0) is 12.0. The van der Waals surface area contributed by atoms with Gasteiger partial charge in [-0.3, -0.25) is 4.79 Å². The first-order chi connectivity index (χ1) is 7.59. The highest BCUT2D eigenvalue weighted by Crippen LogP contribution is 2.16. The number of hydrogen-bond donors (Lipinski definition) is 1. The lowest BCUT2D eigenvalue weighted by Gasteiger charge is -2.15. The highest BCUT2D eigenvalue weighted by Gasteiger charge is 2.09. The van der Waals surface area contributed by atoms with Gasteiger partial charge in [0.2, 0.25) is 5.91 Å². The number of thiocarbonyl (C=S) groups is 1. The van der Waals surface area contributed by atoms with Gasteiger partial charge >= 0.3 is 0 Å². The van der Waals surface area contributed by atoms with Gasteiger partial charge in [0.1, 0.15) is 0 Å². The summed E-state index contributed by atoms with van der Waals surface area (Å²) in [7, 11) is 1.70. The molecule has 0 saturated carbocycles. The standard InChI is InChI=1S/C11H14N2OS2/c1-13(7-10(12)15)11(14)8-16-9-5-3-2-4-6-9/h2-6H,7-8H2,1H3,(H2,12,15). The average Bonchev–Trinajstić information content (AvgIpc) is 2.26. The highest BCUT2D eigenvalue weighted by molar-refractivity contribution is 8.00. The summed E-state index contributed by atoms with van der Waals surface area (Å²) in [6.07, 6.45) is 0. The van der Waals surface area contributed by atoms with Crippen LogP contribution in [0.4, 0.5) is 0 Å². The molecule has 0 unspecified atom stereocenters. The molecule has 0 radical (unpaired) electrons. The summed E-state index contributed by atoms with van der Waals surface area (Å²) >= 11 is 6.25. The molecule has 0 heterocycles. The SMILES string of the molecule is CN(CC(N)=S)C(=O)CSc1ccccc1. The zero-order valence-electron chi connectivity index (χ0n) is 9.05. The summed E-state index contributed by atoms with van der Waals surface area (Å²) in [4.78, 5) is 14.6. The zero-order valence-corrected chi connectivity index (χ0v) is 10.7. The minimum Gasteiger partial charge on any atom is -0.392 e. The Kier molecular flexibility index (Phi) is 5.28. The lowest BCUT2D eigenvalue weighted by molar-refractivity contribution is -0.126. The van der Waals surface area contributed by atoms with Crippen molar-refractivity contribution in [1.29, 1.82) is 0 Å². The molecule has 1 amide bonds. The van der Waals surface area contributed by atoms with Crippen LogP contribution in [-0.2, 0) is 4.79 Å². The highest BCUT2D eigenvalue weighted by atomic mass is 32.2. The Bertz CT molecular complexity index is 368. The van der Waals surface area contributed by atoms with Gasteiger partial charge in [0.25, 0.3) is 0 Å². The van der Waals surface area contributed by atoms with E-state index in [0.29, 0.717) is 17.3 Å². The van der Waals surface area contributed by atoms with Crippen LogP contribution in [-0.4, -0.2) is 35.1 Å². The molecule has 1 rings (SSSR count). The monoisotopic (exact) mass is 254 g/mol. The Labute approximate surface area is 105 Å². The van der Waals surface area contributed by atoms with Gasteiger partial charge in [-0.25, -0.2) is 0 Å². The van der Waals surface area contributed by atoms with Gasteiger partial charge in [-0.05, 0) is 12.1 Å². The van der Waals surface area contributed by atoms with Crippen molar-refractivity contribution in [2.75, 3.05) is 19.3 Å². The van der Waals surface area contributed by atoms with Crippen molar-refractivity contribution in [3.05, 3.63) is 30.3 Å². The molecule has 0 fully saturated rings. The van der Waals surface area contributed by atoms with E-state index in [1.54, 1.807) is 7.05 Å². The molecular weight excluding hydrogens is 240 g/mol. The third-order valence-electron chi connectivity index (χ3n) is 1.92. The van der Waals surface area contributed by atoms with E-state index in [-0.39, 0.29) is 5.91 Å². The van der Waals surface area contributed by atoms with E-state index in [4.69, 9.17) is 18.0 Å². The smallest absolute Gasteiger partial charge is 0.233 e. The van der Waals surface area contributed by atoms with Crippen LogP contribution in [0.25, 0.3) is 0 Å². The van der Waals surface area contributed by atoms with Gasteiger partial charge in [-0.1, -0.05) is 30.4 Å². The number of rotatable bonds is 5. The number of amides is 1. The summed E-state index contributed by atoms with van der Waals surface area (Å²) in [5.74, 6) is 0.435. The molecule has 1 aromatic rings. The van der Waals surface area contributed by atoms with Crippen LogP contribution < -0.4 is 5.73 Å². The second-order valence-corrected chi connectivity index (χ2v) is 4.89. The minimum atomic E-state index is 0.0293. The molecule has 0 atom stereocenters. The van der Waals surface area contributed by atoms with Crippen LogP contribution in [0.15, 0.2) is 35.2 Å². The maximum atomic E-state index is 11.6. The molecule has 0 saturated heterocycles. The largest absolute Gasteiger partial charge is 0.392 e. The molecule has 5 heteroatoms. The third kappa shape index (κ3) is 4.63. The number of thioether (sulfide) groups is 1. The third-order valence-corrected chi connectivity index (χ3v) is 3.05. The van der Waals surface area contributed by atoms with E-state index in [1.807, 2.05) is 30.3 Å². The molecule has 0 aliphatic carbocycles. The summed E-state index contributed by atoms with van der Waals surface area (Å²) in [6.45, 7) is 0.337. The van der Waals surface area contributed by atoms with Crippen molar-refractivity contribution in [3.63, 3.8) is 0 Å². The first kappa shape index (κ1) is 13.0. The van der Waals surface area contributed by atoms with Gasteiger partial charge in [-0.2, -0.15) is 0 Å². The van der Waals surface area contributed by atoms with Crippen LogP contribution in [0, 0.1) is 0 Å². The first-order valence-electron chi connectivity index (χ1n) is 4.79. The van der Waals surface area contributed by atoms with Gasteiger partial charge in [0.15, 0.2) is 0 Å². The van der Waals surface area contributed by atoms with Crippen molar-refractivity contribution < 1.29 is 4.79 Å². The fraction of sp³-hybridized carbons (Fsp3) is 0.273. The molecule has 0 spiro atoms. The van der Waals surface area contributed by atoms with Gasteiger partial charge in [-0.15, -0.1) is 11.8 Å².